The molecule has 0 aliphatic heterocycles. The van der Waals surface area contributed by atoms with Gasteiger partial charge in [0.05, 0.1) is 6.10 Å². The Bertz CT molecular complexity index is 328. The van der Waals surface area contributed by atoms with Gasteiger partial charge in [0.1, 0.15) is 0 Å². The van der Waals surface area contributed by atoms with E-state index in [2.05, 4.69) is 13.8 Å². The van der Waals surface area contributed by atoms with E-state index in [1.165, 1.54) is 44.9 Å². The van der Waals surface area contributed by atoms with Crippen LogP contribution in [0.15, 0.2) is 0 Å². The van der Waals surface area contributed by atoms with E-state index < -0.39 is 10.4 Å². The van der Waals surface area contributed by atoms with Crippen molar-refractivity contribution in [1.29, 1.82) is 0 Å². The Morgan fingerprint density at radius 3 is 1.55 bits per heavy atom. The summed E-state index contributed by atoms with van der Waals surface area (Å²) in [6.45, 7) is 4.34. The minimum atomic E-state index is -4.32. The summed E-state index contributed by atoms with van der Waals surface area (Å²) in [4.78, 5) is 0. The summed E-state index contributed by atoms with van der Waals surface area (Å²) in [6, 6.07) is 0. The summed E-state index contributed by atoms with van der Waals surface area (Å²) in [7, 11) is -4.32. The van der Waals surface area contributed by atoms with Gasteiger partial charge >= 0.3 is 10.4 Å². The summed E-state index contributed by atoms with van der Waals surface area (Å²) in [5.41, 5.74) is 0. The van der Waals surface area contributed by atoms with Crippen LogP contribution in [0.2, 0.25) is 0 Å². The predicted octanol–water partition coefficient (Wildman–Crippen LogP) is 5.68. The van der Waals surface area contributed by atoms with Crippen LogP contribution in [0.25, 0.3) is 0 Å². The highest BCUT2D eigenvalue weighted by molar-refractivity contribution is 7.80. The lowest BCUT2D eigenvalue weighted by Gasteiger charge is -2.15. The van der Waals surface area contributed by atoms with Crippen molar-refractivity contribution in [3.05, 3.63) is 0 Å². The minimum absolute atomic E-state index is 0.355. The molecule has 0 rings (SSSR count). The lowest BCUT2D eigenvalue weighted by Crippen LogP contribution is -2.18. The van der Waals surface area contributed by atoms with Gasteiger partial charge in [-0.05, 0) is 12.8 Å². The van der Waals surface area contributed by atoms with Crippen molar-refractivity contribution in [3.8, 4) is 0 Å². The molecule has 0 aromatic rings. The quantitative estimate of drug-likeness (QED) is 0.291. The summed E-state index contributed by atoms with van der Waals surface area (Å²) in [5, 5.41) is 0. The lowest BCUT2D eigenvalue weighted by atomic mass is 10.0. The van der Waals surface area contributed by atoms with Crippen LogP contribution >= 0.6 is 0 Å². The fourth-order valence-electron chi connectivity index (χ4n) is 2.72. The first-order valence-corrected chi connectivity index (χ1v) is 10.5. The summed E-state index contributed by atoms with van der Waals surface area (Å²) in [5.74, 6) is 0. The smallest absolute Gasteiger partial charge is 0.264 e. The summed E-state index contributed by atoms with van der Waals surface area (Å²) >= 11 is 0. The Hall–Kier alpha value is -0.130. The van der Waals surface area contributed by atoms with Gasteiger partial charge in [0.25, 0.3) is 0 Å². The highest BCUT2D eigenvalue weighted by Gasteiger charge is 2.16. The second-order valence-corrected chi connectivity index (χ2v) is 7.31. The van der Waals surface area contributed by atoms with Gasteiger partial charge in [-0.1, -0.05) is 90.9 Å². The van der Waals surface area contributed by atoms with E-state index in [-0.39, 0.29) is 6.10 Å². The molecule has 1 unspecified atom stereocenters. The topological polar surface area (TPSA) is 63.6 Å². The van der Waals surface area contributed by atoms with E-state index in [4.69, 9.17) is 8.74 Å². The molecule has 0 aliphatic carbocycles. The Kier molecular flexibility index (Phi) is 14.4. The van der Waals surface area contributed by atoms with Gasteiger partial charge in [-0.25, -0.2) is 4.18 Å². The fraction of sp³-hybridized carbons (Fsp3) is 1.00. The molecule has 4 nitrogen and oxygen atoms in total. The van der Waals surface area contributed by atoms with Crippen molar-refractivity contribution in [3.63, 3.8) is 0 Å². The van der Waals surface area contributed by atoms with Crippen molar-refractivity contribution >= 4 is 10.4 Å². The summed E-state index contributed by atoms with van der Waals surface area (Å²) in [6.07, 6.45) is 15.4. The molecule has 134 valence electrons. The van der Waals surface area contributed by atoms with Crippen molar-refractivity contribution in [2.24, 2.45) is 0 Å². The Morgan fingerprint density at radius 2 is 1.09 bits per heavy atom. The zero-order valence-corrected chi connectivity index (χ0v) is 15.4. The molecule has 0 bridgehead atoms. The van der Waals surface area contributed by atoms with Crippen molar-refractivity contribution in [2.45, 2.75) is 110 Å². The van der Waals surface area contributed by atoms with Gasteiger partial charge in [-0.2, -0.15) is 8.42 Å². The Balaban J connectivity index is 3.69. The molecular weight excluding hydrogens is 300 g/mol. The van der Waals surface area contributed by atoms with E-state index in [1.807, 2.05) is 0 Å². The highest BCUT2D eigenvalue weighted by atomic mass is 32.3. The van der Waals surface area contributed by atoms with E-state index in [0.29, 0.717) is 6.42 Å². The molecule has 1 N–H and O–H groups in total. The monoisotopic (exact) mass is 336 g/mol. The molecule has 0 aromatic carbocycles. The van der Waals surface area contributed by atoms with Crippen LogP contribution in [-0.2, 0) is 14.6 Å². The molecule has 0 spiro atoms. The zero-order valence-electron chi connectivity index (χ0n) is 14.6. The Labute approximate surface area is 138 Å². The SMILES string of the molecule is CCCCCCCCCCCC(CCCCC)OS(=O)(=O)O. The van der Waals surface area contributed by atoms with Crippen molar-refractivity contribution < 1.29 is 17.2 Å². The molecule has 0 aliphatic rings. The normalized spacial score (nSPS) is 13.4. The van der Waals surface area contributed by atoms with Crippen LogP contribution < -0.4 is 0 Å². The molecule has 0 saturated carbocycles. The maximum absolute atomic E-state index is 10.9. The van der Waals surface area contributed by atoms with E-state index >= 15 is 0 Å². The minimum Gasteiger partial charge on any atom is -0.264 e. The first-order valence-electron chi connectivity index (χ1n) is 9.15. The van der Waals surface area contributed by atoms with Gasteiger partial charge in [-0.15, -0.1) is 0 Å². The number of hydrogen-bond acceptors (Lipinski definition) is 3. The maximum atomic E-state index is 10.9. The van der Waals surface area contributed by atoms with Crippen LogP contribution in [0.4, 0.5) is 0 Å². The molecule has 0 amide bonds. The maximum Gasteiger partial charge on any atom is 0.397 e. The first kappa shape index (κ1) is 21.9. The van der Waals surface area contributed by atoms with Crippen LogP contribution in [0.1, 0.15) is 104 Å². The number of hydrogen-bond donors (Lipinski definition) is 1. The third-order valence-electron chi connectivity index (χ3n) is 4.02. The molecule has 22 heavy (non-hydrogen) atoms. The van der Waals surface area contributed by atoms with Crippen LogP contribution in [0.5, 0.6) is 0 Å². The third kappa shape index (κ3) is 16.2. The second kappa shape index (κ2) is 14.5. The van der Waals surface area contributed by atoms with Gasteiger partial charge < -0.3 is 0 Å². The largest absolute Gasteiger partial charge is 0.397 e. The molecule has 0 fully saturated rings. The molecule has 0 aromatic heterocycles. The average Bonchev–Trinajstić information content (AvgIpc) is 2.44. The zero-order chi connectivity index (χ0) is 16.7. The van der Waals surface area contributed by atoms with Crippen LogP contribution in [0.3, 0.4) is 0 Å². The van der Waals surface area contributed by atoms with E-state index in [9.17, 15) is 8.42 Å². The molecule has 0 saturated heterocycles. The highest BCUT2D eigenvalue weighted by Crippen LogP contribution is 2.17. The van der Waals surface area contributed by atoms with Gasteiger partial charge in [-0.3, -0.25) is 4.55 Å². The third-order valence-corrected chi connectivity index (χ3v) is 4.53. The molecule has 0 heterocycles. The lowest BCUT2D eigenvalue weighted by molar-refractivity contribution is 0.157. The number of unbranched alkanes of at least 4 members (excludes halogenated alkanes) is 10. The average molecular weight is 337 g/mol. The van der Waals surface area contributed by atoms with Crippen molar-refractivity contribution in [1.82, 2.24) is 0 Å². The van der Waals surface area contributed by atoms with E-state index in [0.717, 1.165) is 38.5 Å². The standard InChI is InChI=1S/C17H36O4S/c1-3-5-7-8-9-10-11-12-14-16-17(15-13-6-4-2)21-22(18,19)20/h17H,3-16H2,1-2H3,(H,18,19,20). The molecule has 5 heteroatoms. The molecule has 1 atom stereocenters. The second-order valence-electron chi connectivity index (χ2n) is 6.26. The summed E-state index contributed by atoms with van der Waals surface area (Å²) < 4.78 is 35.4. The first-order chi connectivity index (χ1) is 10.5. The molecular formula is C17H36O4S. The van der Waals surface area contributed by atoms with Crippen LogP contribution in [-0.4, -0.2) is 19.1 Å². The van der Waals surface area contributed by atoms with Gasteiger partial charge in [0, 0.05) is 0 Å². The van der Waals surface area contributed by atoms with E-state index in [1.54, 1.807) is 0 Å². The number of rotatable bonds is 16. The Morgan fingerprint density at radius 1 is 0.727 bits per heavy atom. The predicted molar refractivity (Wildman–Crippen MR) is 92.4 cm³/mol. The van der Waals surface area contributed by atoms with Gasteiger partial charge in [0.15, 0.2) is 0 Å². The van der Waals surface area contributed by atoms with Crippen molar-refractivity contribution in [2.75, 3.05) is 0 Å². The van der Waals surface area contributed by atoms with Gasteiger partial charge in [0.2, 0.25) is 0 Å². The molecule has 0 radical (unpaired) electrons. The van der Waals surface area contributed by atoms with Crippen LogP contribution in [0, 0.1) is 0 Å². The fourth-order valence-corrected chi connectivity index (χ4v) is 3.25.